The molecule has 0 saturated heterocycles. The van der Waals surface area contributed by atoms with E-state index in [4.69, 9.17) is 14.2 Å². The van der Waals surface area contributed by atoms with Crippen LogP contribution in [0.5, 0.6) is 17.2 Å². The maximum atomic E-state index is 13.1. The zero-order valence-electron chi connectivity index (χ0n) is 21.8. The van der Waals surface area contributed by atoms with Gasteiger partial charge < -0.3 is 14.2 Å². The first-order valence-electron chi connectivity index (χ1n) is 12.0. The van der Waals surface area contributed by atoms with Crippen molar-refractivity contribution in [2.45, 2.75) is 6.92 Å². The monoisotopic (exact) mass is 547 g/mol. The number of ether oxygens (including phenoxy) is 3. The summed E-state index contributed by atoms with van der Waals surface area (Å²) in [7, 11) is 3.27. The molecule has 0 saturated carbocycles. The summed E-state index contributed by atoms with van der Waals surface area (Å²) < 4.78 is 19.8. The number of benzene rings is 3. The van der Waals surface area contributed by atoms with Crippen LogP contribution in [-0.2, 0) is 7.05 Å². The minimum atomic E-state index is -0.750. The van der Waals surface area contributed by atoms with Crippen LogP contribution in [0.3, 0.4) is 0 Å². The average molecular weight is 548 g/mol. The second-order valence-corrected chi connectivity index (χ2v) is 8.44. The third-order valence-corrected chi connectivity index (χ3v) is 6.00. The van der Waals surface area contributed by atoms with Crippen molar-refractivity contribution in [3.8, 4) is 22.9 Å². The highest BCUT2D eigenvalue weighted by Crippen LogP contribution is 2.31. The van der Waals surface area contributed by atoms with Gasteiger partial charge in [-0.3, -0.25) is 29.7 Å². The van der Waals surface area contributed by atoms with Gasteiger partial charge in [-0.2, -0.15) is 0 Å². The lowest BCUT2D eigenvalue weighted by molar-refractivity contribution is -0.394. The van der Waals surface area contributed by atoms with E-state index in [-0.39, 0.29) is 24.5 Å². The van der Waals surface area contributed by atoms with Gasteiger partial charge in [0.2, 0.25) is 0 Å². The number of aromatic nitrogens is 2. The zero-order valence-corrected chi connectivity index (χ0v) is 21.8. The minimum Gasteiger partial charge on any atom is -0.493 e. The molecular formula is C27H25N5O8. The van der Waals surface area contributed by atoms with Crippen molar-refractivity contribution in [2.24, 2.45) is 12.0 Å². The molecule has 0 aliphatic heterocycles. The highest BCUT2D eigenvalue weighted by atomic mass is 16.6. The topological polar surface area (TPSA) is 153 Å². The number of nitrogens with zero attached hydrogens (tertiary/aromatic N) is 5. The summed E-state index contributed by atoms with van der Waals surface area (Å²) in [5, 5.41) is 22.1. The maximum Gasteiger partial charge on any atom is 0.317 e. The molecule has 0 spiro atoms. The van der Waals surface area contributed by atoms with Gasteiger partial charge in [-0.15, -0.1) is 0 Å². The first kappa shape index (κ1) is 27.6. The van der Waals surface area contributed by atoms with Crippen LogP contribution in [0.25, 0.3) is 5.69 Å². The number of para-hydroxylation sites is 1. The molecule has 1 heterocycles. The Labute approximate surface area is 227 Å². The predicted molar refractivity (Wildman–Crippen MR) is 147 cm³/mol. The molecule has 3 aromatic carbocycles. The van der Waals surface area contributed by atoms with Crippen molar-refractivity contribution in [1.29, 1.82) is 0 Å². The molecule has 1 aromatic heterocycles. The Hall–Kier alpha value is -5.46. The Morgan fingerprint density at radius 3 is 2.23 bits per heavy atom. The van der Waals surface area contributed by atoms with E-state index in [1.807, 2.05) is 37.3 Å². The SMILES string of the molecule is COc1cc(C=Nc2c(C)n(C)n(-c3ccccc3)c2=O)ccc1OCCOc1ccc([N+](=O)[O-])cc1[N+](=O)[O-]. The van der Waals surface area contributed by atoms with Gasteiger partial charge in [0, 0.05) is 19.3 Å². The largest absolute Gasteiger partial charge is 0.493 e. The lowest BCUT2D eigenvalue weighted by Crippen LogP contribution is -2.19. The fourth-order valence-corrected chi connectivity index (χ4v) is 3.91. The van der Waals surface area contributed by atoms with E-state index in [2.05, 4.69) is 4.99 Å². The normalized spacial score (nSPS) is 11.0. The van der Waals surface area contributed by atoms with Crippen LogP contribution in [0.1, 0.15) is 11.3 Å². The van der Waals surface area contributed by atoms with Gasteiger partial charge >= 0.3 is 5.69 Å². The van der Waals surface area contributed by atoms with Gasteiger partial charge in [0.1, 0.15) is 13.2 Å². The highest BCUT2D eigenvalue weighted by molar-refractivity contribution is 5.83. The molecule has 4 aromatic rings. The number of aliphatic imine (C=N–C) groups is 1. The number of nitro groups is 2. The Kier molecular flexibility index (Phi) is 8.23. The molecule has 0 bridgehead atoms. The van der Waals surface area contributed by atoms with E-state index < -0.39 is 21.2 Å². The van der Waals surface area contributed by atoms with Crippen molar-refractivity contribution in [3.63, 3.8) is 0 Å². The van der Waals surface area contributed by atoms with Gasteiger partial charge in [-0.05, 0) is 48.9 Å². The number of hydrogen-bond donors (Lipinski definition) is 0. The summed E-state index contributed by atoms with van der Waals surface area (Å²) in [6.45, 7) is 1.77. The van der Waals surface area contributed by atoms with Crippen LogP contribution >= 0.6 is 0 Å². The first-order chi connectivity index (χ1) is 19.2. The second-order valence-electron chi connectivity index (χ2n) is 8.44. The maximum absolute atomic E-state index is 13.1. The van der Waals surface area contributed by atoms with Crippen molar-refractivity contribution in [3.05, 3.63) is 109 Å². The fourth-order valence-electron chi connectivity index (χ4n) is 3.91. The molecule has 0 amide bonds. The molecule has 40 heavy (non-hydrogen) atoms. The number of hydrogen-bond acceptors (Lipinski definition) is 9. The minimum absolute atomic E-state index is 0.0141. The number of methoxy groups -OCH3 is 1. The third kappa shape index (κ3) is 5.83. The predicted octanol–water partition coefficient (Wildman–Crippen LogP) is 4.52. The molecular weight excluding hydrogens is 522 g/mol. The summed E-state index contributed by atoms with van der Waals surface area (Å²) in [6, 6.07) is 17.5. The van der Waals surface area contributed by atoms with Crippen LogP contribution in [0.4, 0.5) is 17.1 Å². The molecule has 0 aliphatic carbocycles. The van der Waals surface area contributed by atoms with E-state index in [0.29, 0.717) is 28.4 Å². The van der Waals surface area contributed by atoms with E-state index in [1.165, 1.54) is 13.2 Å². The van der Waals surface area contributed by atoms with E-state index in [1.54, 1.807) is 40.8 Å². The average Bonchev–Trinajstić information content (AvgIpc) is 3.17. The van der Waals surface area contributed by atoms with E-state index >= 15 is 0 Å². The Bertz CT molecular complexity index is 1640. The second kappa shape index (κ2) is 11.9. The summed E-state index contributed by atoms with van der Waals surface area (Å²) in [5.74, 6) is 0.681. The van der Waals surface area contributed by atoms with E-state index in [0.717, 1.165) is 17.8 Å². The lowest BCUT2D eigenvalue weighted by atomic mass is 10.2. The summed E-state index contributed by atoms with van der Waals surface area (Å²) in [6.07, 6.45) is 1.56. The van der Waals surface area contributed by atoms with Crippen molar-refractivity contribution >= 4 is 23.3 Å². The van der Waals surface area contributed by atoms with Gasteiger partial charge in [-0.25, -0.2) is 9.67 Å². The molecule has 206 valence electrons. The zero-order chi connectivity index (χ0) is 28.8. The third-order valence-electron chi connectivity index (χ3n) is 6.00. The van der Waals surface area contributed by atoms with Gasteiger partial charge in [-0.1, -0.05) is 18.2 Å². The standard InChI is InChI=1S/C27H25N5O8/c1-18-26(27(33)30(29(18)2)20-7-5-4-6-8-20)28-17-19-9-11-24(25(15-19)38-3)40-14-13-39-23-12-10-21(31(34)35)16-22(23)32(36)37/h4-12,15-17H,13-14H2,1-3H3. The van der Waals surface area contributed by atoms with Crippen LogP contribution in [0, 0.1) is 27.2 Å². The summed E-state index contributed by atoms with van der Waals surface area (Å²) >= 11 is 0. The van der Waals surface area contributed by atoms with Crippen molar-refractivity contribution in [2.75, 3.05) is 20.3 Å². The summed E-state index contributed by atoms with van der Waals surface area (Å²) in [4.78, 5) is 38.2. The molecule has 0 unspecified atom stereocenters. The molecule has 0 radical (unpaired) electrons. The molecule has 13 nitrogen and oxygen atoms in total. The van der Waals surface area contributed by atoms with Gasteiger partial charge in [0.25, 0.3) is 11.2 Å². The quantitative estimate of drug-likeness (QED) is 0.115. The fraction of sp³-hybridized carbons (Fsp3) is 0.185. The molecule has 0 aliphatic rings. The van der Waals surface area contributed by atoms with Crippen LogP contribution in [0.15, 0.2) is 76.5 Å². The smallest absolute Gasteiger partial charge is 0.317 e. The molecule has 0 fully saturated rings. The summed E-state index contributed by atoms with van der Waals surface area (Å²) in [5.41, 5.74) is 1.23. The van der Waals surface area contributed by atoms with Crippen LogP contribution in [-0.4, -0.2) is 45.7 Å². The van der Waals surface area contributed by atoms with Gasteiger partial charge in [0.15, 0.2) is 22.9 Å². The Morgan fingerprint density at radius 2 is 1.57 bits per heavy atom. The molecule has 13 heteroatoms. The molecule has 4 rings (SSSR count). The Balaban J connectivity index is 1.44. The van der Waals surface area contributed by atoms with Crippen LogP contribution in [0.2, 0.25) is 0 Å². The van der Waals surface area contributed by atoms with Crippen molar-refractivity contribution < 1.29 is 24.1 Å². The lowest BCUT2D eigenvalue weighted by Gasteiger charge is -2.12. The van der Waals surface area contributed by atoms with E-state index in [9.17, 15) is 25.0 Å². The molecule has 0 atom stereocenters. The highest BCUT2D eigenvalue weighted by Gasteiger charge is 2.21. The number of non-ortho nitro benzene ring substituents is 1. The first-order valence-corrected chi connectivity index (χ1v) is 12.0. The Morgan fingerprint density at radius 1 is 0.900 bits per heavy atom. The number of nitro benzene ring substituents is 2. The van der Waals surface area contributed by atoms with Crippen molar-refractivity contribution in [1.82, 2.24) is 9.36 Å². The van der Waals surface area contributed by atoms with Gasteiger partial charge in [0.05, 0.1) is 34.4 Å². The molecule has 0 N–H and O–H groups in total. The number of rotatable bonds is 11. The van der Waals surface area contributed by atoms with Crippen LogP contribution < -0.4 is 19.8 Å².